The molecule has 0 aromatic carbocycles. The molecule has 0 saturated heterocycles. The molecule has 2 N–H and O–H groups in total. The van der Waals surface area contributed by atoms with Crippen LogP contribution in [0.25, 0.3) is 0 Å². The number of carbonyl (C=O) groups excluding carboxylic acids is 2. The molecule has 0 unspecified atom stereocenters. The molecule has 1 aromatic rings. The van der Waals surface area contributed by atoms with Crippen LogP contribution < -0.4 is 21.9 Å². The molecule has 1 fully saturated rings. The molecule has 2 rings (SSSR count). The topological polar surface area (TPSA) is 111 Å². The molecule has 1 saturated carbocycles. The van der Waals surface area contributed by atoms with Gasteiger partial charge in [0.2, 0.25) is 5.91 Å². The lowest BCUT2D eigenvalue weighted by atomic mass is 9.98. The maximum atomic E-state index is 11.8. The van der Waals surface area contributed by atoms with Crippen LogP contribution in [0.3, 0.4) is 0 Å². The summed E-state index contributed by atoms with van der Waals surface area (Å²) in [5.74, 6) is -0.149. The highest BCUT2D eigenvalue weighted by Gasteiger charge is 2.17. The van der Waals surface area contributed by atoms with Gasteiger partial charge in [0.15, 0.2) is 0 Å². The van der Waals surface area contributed by atoms with E-state index in [1.165, 1.54) is 24.1 Å². The molecule has 0 spiro atoms. The molecule has 0 bridgehead atoms. The summed E-state index contributed by atoms with van der Waals surface area (Å²) in [6.07, 6.45) is 5.58. The quantitative estimate of drug-likeness (QED) is 0.626. The van der Waals surface area contributed by atoms with Crippen molar-refractivity contribution in [1.29, 1.82) is 0 Å². The Labute approximate surface area is 157 Å². The summed E-state index contributed by atoms with van der Waals surface area (Å²) in [7, 11) is 2.95. The molecule has 0 radical (unpaired) electrons. The van der Waals surface area contributed by atoms with E-state index in [-0.39, 0.29) is 43.9 Å². The third-order valence-electron chi connectivity index (χ3n) is 4.69. The Bertz CT molecular complexity index is 777. The van der Waals surface area contributed by atoms with E-state index < -0.39 is 11.2 Å². The average Bonchev–Trinajstić information content (AvgIpc) is 2.65. The Hall–Kier alpha value is -2.58. The number of nitrogens with one attached hydrogen (secondary N) is 2. The predicted molar refractivity (Wildman–Crippen MR) is 101 cm³/mol. The molecule has 150 valence electrons. The van der Waals surface area contributed by atoms with Gasteiger partial charge in [-0.2, -0.15) is 0 Å². The number of carbonyl (C=O) groups is 2. The third kappa shape index (κ3) is 6.26. The number of ether oxygens (including phenoxy) is 1. The molecular formula is C18H28N4O5. The molecule has 1 heterocycles. The molecule has 0 aliphatic heterocycles. The van der Waals surface area contributed by atoms with Gasteiger partial charge in [-0.05, 0) is 25.7 Å². The zero-order valence-corrected chi connectivity index (χ0v) is 16.0. The van der Waals surface area contributed by atoms with Crippen molar-refractivity contribution in [3.05, 3.63) is 26.9 Å². The van der Waals surface area contributed by atoms with Crippen LogP contribution in [0, 0.1) is 0 Å². The van der Waals surface area contributed by atoms with Crippen molar-refractivity contribution in [3.63, 3.8) is 0 Å². The van der Waals surface area contributed by atoms with Gasteiger partial charge >= 0.3 is 11.7 Å². The molecule has 1 aliphatic carbocycles. The molecule has 1 aromatic heterocycles. The number of rotatable bonds is 8. The Morgan fingerprint density at radius 2 is 1.78 bits per heavy atom. The molecule has 9 heteroatoms. The molecule has 9 nitrogen and oxygen atoms in total. The van der Waals surface area contributed by atoms with Crippen LogP contribution in [0.4, 0.5) is 5.82 Å². The summed E-state index contributed by atoms with van der Waals surface area (Å²) in [5.41, 5.74) is -0.854. The standard InChI is InChI=1S/C18H28N4O5/c1-21-14(12-16(24)22(2)18(21)26)19-10-8-15(23)20-11-9-17(25)27-13-6-4-3-5-7-13/h12-13,19H,3-11H2,1-2H3,(H,20,23). The Morgan fingerprint density at radius 3 is 2.48 bits per heavy atom. The van der Waals surface area contributed by atoms with Crippen LogP contribution in [-0.4, -0.2) is 40.2 Å². The number of anilines is 1. The lowest BCUT2D eigenvalue weighted by Crippen LogP contribution is -2.37. The molecule has 1 aliphatic rings. The van der Waals surface area contributed by atoms with Gasteiger partial charge in [-0.3, -0.25) is 23.5 Å². The fraction of sp³-hybridized carbons (Fsp3) is 0.667. The first-order chi connectivity index (χ1) is 12.9. The van der Waals surface area contributed by atoms with E-state index in [9.17, 15) is 19.2 Å². The van der Waals surface area contributed by atoms with Crippen LogP contribution in [0.1, 0.15) is 44.9 Å². The van der Waals surface area contributed by atoms with Crippen LogP contribution in [0.2, 0.25) is 0 Å². The van der Waals surface area contributed by atoms with Gasteiger partial charge < -0.3 is 15.4 Å². The maximum Gasteiger partial charge on any atom is 0.332 e. The SMILES string of the molecule is Cn1c(NCCC(=O)NCCC(=O)OC2CCCCC2)cc(=O)n(C)c1=O. The van der Waals surface area contributed by atoms with Gasteiger partial charge in [0.1, 0.15) is 11.9 Å². The van der Waals surface area contributed by atoms with Gasteiger partial charge in [0.05, 0.1) is 6.42 Å². The number of nitrogens with zero attached hydrogens (tertiary/aromatic N) is 2. The summed E-state index contributed by atoms with van der Waals surface area (Å²) in [6.45, 7) is 0.494. The normalized spacial score (nSPS) is 14.6. The predicted octanol–water partition coefficient (Wildman–Crippen LogP) is 0.268. The Morgan fingerprint density at radius 1 is 1.07 bits per heavy atom. The van der Waals surface area contributed by atoms with E-state index in [1.54, 1.807) is 7.05 Å². The fourth-order valence-electron chi connectivity index (χ4n) is 3.03. The Kier molecular flexibility index (Phi) is 7.63. The van der Waals surface area contributed by atoms with Crippen molar-refractivity contribution in [3.8, 4) is 0 Å². The summed E-state index contributed by atoms with van der Waals surface area (Å²) in [6, 6.07) is 1.31. The first kappa shape index (κ1) is 20.7. The van der Waals surface area contributed by atoms with Crippen molar-refractivity contribution in [2.75, 3.05) is 18.4 Å². The van der Waals surface area contributed by atoms with E-state index in [2.05, 4.69) is 10.6 Å². The molecule has 0 atom stereocenters. The van der Waals surface area contributed by atoms with Crippen LogP contribution in [-0.2, 0) is 28.4 Å². The van der Waals surface area contributed by atoms with Crippen LogP contribution in [0.5, 0.6) is 0 Å². The van der Waals surface area contributed by atoms with Gasteiger partial charge in [-0.25, -0.2) is 4.79 Å². The van der Waals surface area contributed by atoms with E-state index in [4.69, 9.17) is 4.74 Å². The van der Waals surface area contributed by atoms with Gasteiger partial charge in [-0.15, -0.1) is 0 Å². The first-order valence-corrected chi connectivity index (χ1v) is 9.35. The van der Waals surface area contributed by atoms with Crippen molar-refractivity contribution < 1.29 is 14.3 Å². The second-order valence-corrected chi connectivity index (χ2v) is 6.80. The first-order valence-electron chi connectivity index (χ1n) is 9.35. The van der Waals surface area contributed by atoms with Crippen molar-refractivity contribution in [1.82, 2.24) is 14.5 Å². The number of amides is 1. The van der Waals surface area contributed by atoms with E-state index in [1.807, 2.05) is 0 Å². The minimum absolute atomic E-state index is 0.0244. The molecule has 27 heavy (non-hydrogen) atoms. The van der Waals surface area contributed by atoms with Crippen LogP contribution in [0.15, 0.2) is 15.7 Å². The fourth-order valence-corrected chi connectivity index (χ4v) is 3.03. The maximum absolute atomic E-state index is 11.8. The van der Waals surface area contributed by atoms with Gasteiger partial charge in [0, 0.05) is 39.7 Å². The van der Waals surface area contributed by atoms with Gasteiger partial charge in [0.25, 0.3) is 5.56 Å². The lowest BCUT2D eigenvalue weighted by Gasteiger charge is -2.21. The number of esters is 1. The second-order valence-electron chi connectivity index (χ2n) is 6.80. The van der Waals surface area contributed by atoms with Crippen LogP contribution >= 0.6 is 0 Å². The third-order valence-corrected chi connectivity index (χ3v) is 4.69. The zero-order valence-electron chi connectivity index (χ0n) is 16.0. The lowest BCUT2D eigenvalue weighted by molar-refractivity contribution is -0.150. The summed E-state index contributed by atoms with van der Waals surface area (Å²) in [4.78, 5) is 47.1. The van der Waals surface area contributed by atoms with Crippen molar-refractivity contribution >= 4 is 17.7 Å². The smallest absolute Gasteiger partial charge is 0.332 e. The summed E-state index contributed by atoms with van der Waals surface area (Å²) in [5, 5.41) is 5.57. The zero-order chi connectivity index (χ0) is 19.8. The van der Waals surface area contributed by atoms with Crippen molar-refractivity contribution in [2.45, 2.75) is 51.0 Å². The number of hydrogen-bond acceptors (Lipinski definition) is 6. The molecule has 1 amide bonds. The highest BCUT2D eigenvalue weighted by molar-refractivity contribution is 5.77. The van der Waals surface area contributed by atoms with E-state index >= 15 is 0 Å². The summed E-state index contributed by atoms with van der Waals surface area (Å²) >= 11 is 0. The van der Waals surface area contributed by atoms with E-state index in [0.717, 1.165) is 30.3 Å². The minimum Gasteiger partial charge on any atom is -0.462 e. The van der Waals surface area contributed by atoms with Crippen molar-refractivity contribution in [2.24, 2.45) is 14.1 Å². The summed E-state index contributed by atoms with van der Waals surface area (Å²) < 4.78 is 7.70. The number of hydrogen-bond donors (Lipinski definition) is 2. The second kappa shape index (κ2) is 9.94. The molecular weight excluding hydrogens is 352 g/mol. The Balaban J connectivity index is 1.66. The average molecular weight is 380 g/mol. The monoisotopic (exact) mass is 380 g/mol. The number of aromatic nitrogens is 2. The van der Waals surface area contributed by atoms with Gasteiger partial charge in [-0.1, -0.05) is 6.42 Å². The van der Waals surface area contributed by atoms with E-state index in [0.29, 0.717) is 5.82 Å². The largest absolute Gasteiger partial charge is 0.462 e. The highest BCUT2D eigenvalue weighted by atomic mass is 16.5. The minimum atomic E-state index is -0.439. The highest BCUT2D eigenvalue weighted by Crippen LogP contribution is 2.20.